The molecule has 0 bridgehead atoms. The Balaban J connectivity index is 4.81. The van der Waals surface area contributed by atoms with Gasteiger partial charge in [-0.05, 0) is 0 Å². The van der Waals surface area contributed by atoms with E-state index in [9.17, 15) is 8.42 Å². The zero-order chi connectivity index (χ0) is 9.12. The highest BCUT2D eigenvalue weighted by Crippen LogP contribution is 2.17. The second kappa shape index (κ2) is 3.17. The zero-order valence-electron chi connectivity index (χ0n) is 5.98. The summed E-state index contributed by atoms with van der Waals surface area (Å²) < 4.78 is 29.1. The quantitative estimate of drug-likeness (QED) is 0.465. The average Bonchev–Trinajstić information content (AvgIpc) is 1.86. The highest BCUT2D eigenvalue weighted by Gasteiger charge is 2.40. The van der Waals surface area contributed by atoms with Gasteiger partial charge in [0.15, 0.2) is 0 Å². The predicted octanol–water partition coefficient (Wildman–Crippen LogP) is -0.114. The lowest BCUT2D eigenvalue weighted by Gasteiger charge is -2.14. The van der Waals surface area contributed by atoms with E-state index in [0.717, 1.165) is 6.07 Å². The molecule has 0 saturated heterocycles. The Hall–Kier alpha value is -0.640. The lowest BCUT2D eigenvalue weighted by Crippen LogP contribution is -2.36. The predicted molar refractivity (Wildman–Crippen MR) is 37.0 cm³/mol. The molecule has 0 aliphatic carbocycles. The van der Waals surface area contributed by atoms with Gasteiger partial charge in [0.1, 0.15) is 6.07 Å². The SMILES string of the molecule is CCCC(O)(C#N)S(=O)(=O)O. The molecule has 0 aromatic rings. The van der Waals surface area contributed by atoms with Crippen LogP contribution >= 0.6 is 0 Å². The van der Waals surface area contributed by atoms with Crippen LogP contribution in [0.5, 0.6) is 0 Å². The van der Waals surface area contributed by atoms with Crippen LogP contribution in [0.25, 0.3) is 0 Å². The molecule has 64 valence electrons. The molecule has 11 heavy (non-hydrogen) atoms. The normalized spacial score (nSPS) is 16.9. The van der Waals surface area contributed by atoms with E-state index in [1.807, 2.05) is 0 Å². The summed E-state index contributed by atoms with van der Waals surface area (Å²) >= 11 is 0. The van der Waals surface area contributed by atoms with E-state index in [2.05, 4.69) is 0 Å². The zero-order valence-corrected chi connectivity index (χ0v) is 6.80. The highest BCUT2D eigenvalue weighted by atomic mass is 32.2. The molecule has 5 nitrogen and oxygen atoms in total. The summed E-state index contributed by atoms with van der Waals surface area (Å²) in [6.07, 6.45) is 0.00613. The fourth-order valence-electron chi connectivity index (χ4n) is 0.581. The van der Waals surface area contributed by atoms with E-state index < -0.39 is 15.1 Å². The Labute approximate surface area is 65.0 Å². The second-order valence-electron chi connectivity index (χ2n) is 2.12. The van der Waals surface area contributed by atoms with Crippen LogP contribution in [0.1, 0.15) is 19.8 Å². The fraction of sp³-hybridized carbons (Fsp3) is 0.800. The molecule has 0 fully saturated rings. The van der Waals surface area contributed by atoms with Gasteiger partial charge in [-0.1, -0.05) is 13.3 Å². The molecule has 0 spiro atoms. The van der Waals surface area contributed by atoms with Crippen LogP contribution in [0.4, 0.5) is 0 Å². The minimum atomic E-state index is -4.68. The molecular formula is C5H9NO4S. The number of nitriles is 1. The van der Waals surface area contributed by atoms with Gasteiger partial charge < -0.3 is 5.11 Å². The van der Waals surface area contributed by atoms with Crippen molar-refractivity contribution in [3.8, 4) is 6.07 Å². The van der Waals surface area contributed by atoms with E-state index >= 15 is 0 Å². The largest absolute Gasteiger partial charge is 0.362 e. The van der Waals surface area contributed by atoms with E-state index in [4.69, 9.17) is 14.9 Å². The van der Waals surface area contributed by atoms with Crippen molar-refractivity contribution in [1.82, 2.24) is 0 Å². The summed E-state index contributed by atoms with van der Waals surface area (Å²) in [5.41, 5.74) is 0. The van der Waals surface area contributed by atoms with Crippen LogP contribution in [-0.4, -0.2) is 23.0 Å². The van der Waals surface area contributed by atoms with Gasteiger partial charge in [-0.25, -0.2) is 0 Å². The van der Waals surface area contributed by atoms with Gasteiger partial charge in [0, 0.05) is 6.42 Å². The Morgan fingerprint density at radius 3 is 2.18 bits per heavy atom. The van der Waals surface area contributed by atoms with Crippen LogP contribution in [0.2, 0.25) is 0 Å². The van der Waals surface area contributed by atoms with Gasteiger partial charge in [-0.15, -0.1) is 0 Å². The monoisotopic (exact) mass is 179 g/mol. The summed E-state index contributed by atoms with van der Waals surface area (Å²) in [5, 5.41) is 17.2. The molecule has 0 aromatic carbocycles. The summed E-state index contributed by atoms with van der Waals surface area (Å²) in [6.45, 7) is 1.59. The first-order valence-corrected chi connectivity index (χ1v) is 4.42. The van der Waals surface area contributed by atoms with Gasteiger partial charge in [-0.2, -0.15) is 13.7 Å². The van der Waals surface area contributed by atoms with Crippen molar-refractivity contribution < 1.29 is 18.1 Å². The molecule has 0 heterocycles. The van der Waals surface area contributed by atoms with Crippen molar-refractivity contribution in [2.75, 3.05) is 0 Å². The van der Waals surface area contributed by atoms with E-state index in [0.29, 0.717) is 6.42 Å². The smallest absolute Gasteiger partial charge is 0.309 e. The Morgan fingerprint density at radius 2 is 2.09 bits per heavy atom. The maximum atomic E-state index is 10.4. The Morgan fingerprint density at radius 1 is 1.64 bits per heavy atom. The maximum Gasteiger partial charge on any atom is 0.309 e. The van der Waals surface area contributed by atoms with Crippen molar-refractivity contribution in [2.45, 2.75) is 24.7 Å². The summed E-state index contributed by atoms with van der Waals surface area (Å²) in [7, 11) is -4.68. The van der Waals surface area contributed by atoms with E-state index in [1.165, 1.54) is 0 Å². The van der Waals surface area contributed by atoms with E-state index in [-0.39, 0.29) is 6.42 Å². The lowest BCUT2D eigenvalue weighted by molar-refractivity contribution is 0.157. The number of hydrogen-bond donors (Lipinski definition) is 2. The minimum Gasteiger partial charge on any atom is -0.362 e. The Bertz CT molecular complexity index is 265. The summed E-state index contributed by atoms with van der Waals surface area (Å²) in [6, 6.07) is 1.14. The van der Waals surface area contributed by atoms with Crippen LogP contribution in [0, 0.1) is 11.3 Å². The number of aliphatic hydroxyl groups is 1. The molecule has 0 amide bonds. The molecular weight excluding hydrogens is 170 g/mol. The molecule has 1 atom stereocenters. The van der Waals surface area contributed by atoms with Crippen molar-refractivity contribution in [1.29, 1.82) is 5.26 Å². The molecule has 6 heteroatoms. The summed E-state index contributed by atoms with van der Waals surface area (Å²) in [4.78, 5) is -2.64. The first kappa shape index (κ1) is 10.4. The molecule has 0 aliphatic rings. The van der Waals surface area contributed by atoms with Gasteiger partial charge >= 0.3 is 10.1 Å². The van der Waals surface area contributed by atoms with Gasteiger partial charge in [0.05, 0.1) is 0 Å². The first-order chi connectivity index (χ1) is 4.87. The van der Waals surface area contributed by atoms with Gasteiger partial charge in [-0.3, -0.25) is 4.55 Å². The average molecular weight is 179 g/mol. The van der Waals surface area contributed by atoms with Crippen LogP contribution < -0.4 is 0 Å². The van der Waals surface area contributed by atoms with Gasteiger partial charge in [0.25, 0.3) is 4.93 Å². The van der Waals surface area contributed by atoms with Crippen LogP contribution in [-0.2, 0) is 10.1 Å². The van der Waals surface area contributed by atoms with Gasteiger partial charge in [0.2, 0.25) is 0 Å². The third-order valence-corrected chi connectivity index (χ3v) is 2.34. The summed E-state index contributed by atoms with van der Waals surface area (Å²) in [5.74, 6) is 0. The van der Waals surface area contributed by atoms with Crippen molar-refractivity contribution in [3.63, 3.8) is 0 Å². The lowest BCUT2D eigenvalue weighted by atomic mass is 10.2. The number of rotatable bonds is 3. The first-order valence-electron chi connectivity index (χ1n) is 2.98. The molecule has 1 unspecified atom stereocenters. The van der Waals surface area contributed by atoms with Crippen LogP contribution in [0.15, 0.2) is 0 Å². The molecule has 0 saturated carbocycles. The fourth-order valence-corrected chi connectivity index (χ4v) is 1.16. The number of nitrogens with zero attached hydrogens (tertiary/aromatic N) is 1. The highest BCUT2D eigenvalue weighted by molar-refractivity contribution is 7.87. The van der Waals surface area contributed by atoms with Crippen molar-refractivity contribution in [3.05, 3.63) is 0 Å². The topological polar surface area (TPSA) is 98.4 Å². The molecule has 0 radical (unpaired) electrons. The standard InChI is InChI=1S/C5H9NO4S/c1-2-3-5(7,4-6)11(8,9)10/h7H,2-3H2,1H3,(H,8,9,10). The molecule has 0 rings (SSSR count). The van der Waals surface area contributed by atoms with E-state index in [1.54, 1.807) is 6.92 Å². The molecule has 0 aromatic heterocycles. The third-order valence-electron chi connectivity index (χ3n) is 1.19. The van der Waals surface area contributed by atoms with Crippen molar-refractivity contribution in [2.24, 2.45) is 0 Å². The maximum absolute atomic E-state index is 10.4. The number of hydrogen-bond acceptors (Lipinski definition) is 4. The third kappa shape index (κ3) is 2.15. The Kier molecular flexibility index (Phi) is 2.99. The van der Waals surface area contributed by atoms with Crippen molar-refractivity contribution >= 4 is 10.1 Å². The molecule has 2 N–H and O–H groups in total. The van der Waals surface area contributed by atoms with Crippen LogP contribution in [0.3, 0.4) is 0 Å². The second-order valence-corrected chi connectivity index (χ2v) is 3.75. The minimum absolute atomic E-state index is 0.289. The molecule has 0 aliphatic heterocycles.